The minimum absolute atomic E-state index is 0.675. The lowest BCUT2D eigenvalue weighted by atomic mass is 9.90. The molecule has 2 heterocycles. The Labute approximate surface area is 137 Å². The molecule has 2 aromatic carbocycles. The van der Waals surface area contributed by atoms with Crippen molar-refractivity contribution in [1.82, 2.24) is 0 Å². The molecule has 0 aromatic heterocycles. The lowest BCUT2D eigenvalue weighted by molar-refractivity contribution is 0.634. The van der Waals surface area contributed by atoms with E-state index in [1.165, 1.54) is 55.6 Å². The van der Waals surface area contributed by atoms with Gasteiger partial charge in [-0.3, -0.25) is 0 Å². The van der Waals surface area contributed by atoms with Gasteiger partial charge in [0, 0.05) is 29.9 Å². The Morgan fingerprint density at radius 3 is 1.96 bits per heavy atom. The molecule has 4 rings (SSSR count). The number of hydrogen-bond acceptors (Lipinski definition) is 2. The third kappa shape index (κ3) is 2.69. The number of nitrogens with zero attached hydrogens (tertiary/aromatic N) is 2. The molecular formula is C21H18N2. The lowest BCUT2D eigenvalue weighted by Crippen LogP contribution is -2.34. The van der Waals surface area contributed by atoms with Crippen LogP contribution in [0.1, 0.15) is 40.7 Å². The normalized spacial score (nSPS) is 15.2. The summed E-state index contributed by atoms with van der Waals surface area (Å²) in [6, 6.07) is 14.1. The Kier molecular flexibility index (Phi) is 3.52. The zero-order valence-corrected chi connectivity index (χ0v) is 13.1. The summed E-state index contributed by atoms with van der Waals surface area (Å²) < 4.78 is 0. The molecule has 0 fully saturated rings. The van der Waals surface area contributed by atoms with Crippen molar-refractivity contribution in [3.05, 3.63) is 64.2 Å². The monoisotopic (exact) mass is 298 g/mol. The van der Waals surface area contributed by atoms with Crippen molar-refractivity contribution >= 4 is 5.69 Å². The van der Waals surface area contributed by atoms with Gasteiger partial charge in [-0.2, -0.15) is 5.26 Å². The van der Waals surface area contributed by atoms with Crippen molar-refractivity contribution in [2.24, 2.45) is 0 Å². The minimum atomic E-state index is 0.675. The predicted molar refractivity (Wildman–Crippen MR) is 92.4 cm³/mol. The van der Waals surface area contributed by atoms with Gasteiger partial charge >= 0.3 is 0 Å². The zero-order valence-electron chi connectivity index (χ0n) is 13.1. The maximum absolute atomic E-state index is 8.84. The molecule has 2 heteroatoms. The third-order valence-corrected chi connectivity index (χ3v) is 4.70. The van der Waals surface area contributed by atoms with Crippen molar-refractivity contribution in [3.8, 4) is 17.9 Å². The molecule has 0 saturated carbocycles. The first-order valence-electron chi connectivity index (χ1n) is 8.26. The van der Waals surface area contributed by atoms with E-state index in [0.29, 0.717) is 5.56 Å². The molecule has 2 nitrogen and oxygen atoms in total. The molecule has 23 heavy (non-hydrogen) atoms. The summed E-state index contributed by atoms with van der Waals surface area (Å²) >= 11 is 0. The van der Waals surface area contributed by atoms with Crippen molar-refractivity contribution in [2.75, 3.05) is 18.0 Å². The lowest BCUT2D eigenvalue weighted by Gasteiger charge is -2.37. The number of rotatable bonds is 0. The van der Waals surface area contributed by atoms with Crippen molar-refractivity contribution in [2.45, 2.75) is 25.7 Å². The van der Waals surface area contributed by atoms with Crippen LogP contribution in [0.3, 0.4) is 0 Å². The Morgan fingerprint density at radius 2 is 1.35 bits per heavy atom. The molecule has 0 spiro atoms. The van der Waals surface area contributed by atoms with Gasteiger partial charge in [0.1, 0.15) is 0 Å². The molecule has 0 radical (unpaired) electrons. The van der Waals surface area contributed by atoms with E-state index in [2.05, 4.69) is 34.9 Å². The summed E-state index contributed by atoms with van der Waals surface area (Å²) in [6.45, 7) is 2.41. The minimum Gasteiger partial charge on any atom is -0.371 e. The third-order valence-electron chi connectivity index (χ3n) is 4.70. The first kappa shape index (κ1) is 13.9. The van der Waals surface area contributed by atoms with Crippen LogP contribution in [0.5, 0.6) is 0 Å². The quantitative estimate of drug-likeness (QED) is 0.694. The number of aryl methyl sites for hydroxylation is 2. The van der Waals surface area contributed by atoms with Gasteiger partial charge < -0.3 is 4.90 Å². The SMILES string of the molecule is N#Cc1ccc(C#Cc2cc3c4c(c2)CCCN4CCC3)cc1. The maximum atomic E-state index is 8.84. The van der Waals surface area contributed by atoms with E-state index < -0.39 is 0 Å². The fraction of sp³-hybridized carbons (Fsp3) is 0.286. The summed E-state index contributed by atoms with van der Waals surface area (Å²) in [7, 11) is 0. The highest BCUT2D eigenvalue weighted by molar-refractivity contribution is 5.65. The van der Waals surface area contributed by atoms with Gasteiger partial charge in [-0.15, -0.1) is 0 Å². The van der Waals surface area contributed by atoms with E-state index in [9.17, 15) is 0 Å². The van der Waals surface area contributed by atoms with Crippen LogP contribution in [0.25, 0.3) is 0 Å². The van der Waals surface area contributed by atoms with Gasteiger partial charge in [-0.25, -0.2) is 0 Å². The van der Waals surface area contributed by atoms with Crippen molar-refractivity contribution in [3.63, 3.8) is 0 Å². The predicted octanol–water partition coefficient (Wildman–Crippen LogP) is 3.66. The van der Waals surface area contributed by atoms with Gasteiger partial charge in [0.2, 0.25) is 0 Å². The molecule has 0 amide bonds. The van der Waals surface area contributed by atoms with Crippen molar-refractivity contribution in [1.29, 1.82) is 5.26 Å². The number of benzene rings is 2. The van der Waals surface area contributed by atoms with E-state index >= 15 is 0 Å². The summed E-state index contributed by atoms with van der Waals surface area (Å²) in [4.78, 5) is 2.55. The summed E-state index contributed by atoms with van der Waals surface area (Å²) in [6.07, 6.45) is 4.84. The highest BCUT2D eigenvalue weighted by atomic mass is 15.1. The van der Waals surface area contributed by atoms with Gasteiger partial charge in [-0.05, 0) is 73.2 Å². The number of anilines is 1. The molecule has 0 saturated heterocycles. The molecule has 2 aliphatic heterocycles. The van der Waals surface area contributed by atoms with E-state index in [4.69, 9.17) is 5.26 Å². The van der Waals surface area contributed by atoms with Gasteiger partial charge in [0.15, 0.2) is 0 Å². The van der Waals surface area contributed by atoms with Gasteiger partial charge in [-0.1, -0.05) is 11.8 Å². The van der Waals surface area contributed by atoms with E-state index in [1.807, 2.05) is 24.3 Å². The fourth-order valence-electron chi connectivity index (χ4n) is 3.65. The second-order valence-corrected chi connectivity index (χ2v) is 6.28. The number of hydrogen-bond donors (Lipinski definition) is 0. The zero-order chi connectivity index (χ0) is 15.6. The molecule has 0 bridgehead atoms. The van der Waals surface area contributed by atoms with Crippen molar-refractivity contribution < 1.29 is 0 Å². The van der Waals surface area contributed by atoms with E-state index in [0.717, 1.165) is 11.1 Å². The molecule has 2 aromatic rings. The van der Waals surface area contributed by atoms with Crippen LogP contribution in [-0.2, 0) is 12.8 Å². The highest BCUT2D eigenvalue weighted by Crippen LogP contribution is 2.35. The second-order valence-electron chi connectivity index (χ2n) is 6.28. The van der Waals surface area contributed by atoms with Crippen LogP contribution in [-0.4, -0.2) is 13.1 Å². The van der Waals surface area contributed by atoms with E-state index in [-0.39, 0.29) is 0 Å². The fourth-order valence-corrected chi connectivity index (χ4v) is 3.65. The molecular weight excluding hydrogens is 280 g/mol. The Morgan fingerprint density at radius 1 is 0.783 bits per heavy atom. The topological polar surface area (TPSA) is 27.0 Å². The molecule has 0 aliphatic carbocycles. The van der Waals surface area contributed by atoms with Crippen LogP contribution in [0.4, 0.5) is 5.69 Å². The van der Waals surface area contributed by atoms with Gasteiger partial charge in [0.05, 0.1) is 11.6 Å². The summed E-state index contributed by atoms with van der Waals surface area (Å²) in [5.74, 6) is 6.54. The van der Waals surface area contributed by atoms with E-state index in [1.54, 1.807) is 0 Å². The van der Waals surface area contributed by atoms with Crippen LogP contribution >= 0.6 is 0 Å². The highest BCUT2D eigenvalue weighted by Gasteiger charge is 2.23. The van der Waals surface area contributed by atoms with Crippen LogP contribution < -0.4 is 4.90 Å². The Hall–Kier alpha value is -2.71. The molecule has 0 N–H and O–H groups in total. The molecule has 2 aliphatic rings. The first-order chi connectivity index (χ1) is 11.3. The largest absolute Gasteiger partial charge is 0.371 e. The first-order valence-corrected chi connectivity index (χ1v) is 8.26. The molecule has 0 unspecified atom stereocenters. The average Bonchev–Trinajstić information content (AvgIpc) is 2.61. The Bertz CT molecular complexity index is 813. The summed E-state index contributed by atoms with van der Waals surface area (Å²) in [5, 5.41) is 8.84. The van der Waals surface area contributed by atoms with Gasteiger partial charge in [0.25, 0.3) is 0 Å². The van der Waals surface area contributed by atoms with Crippen LogP contribution in [0.2, 0.25) is 0 Å². The average molecular weight is 298 g/mol. The Balaban J connectivity index is 1.68. The number of nitriles is 1. The summed E-state index contributed by atoms with van der Waals surface area (Å²) in [5.41, 5.74) is 7.18. The maximum Gasteiger partial charge on any atom is 0.0991 e. The molecule has 112 valence electrons. The second kappa shape index (κ2) is 5.82. The van der Waals surface area contributed by atoms with Crippen LogP contribution in [0, 0.1) is 23.2 Å². The smallest absolute Gasteiger partial charge is 0.0991 e. The molecule has 0 atom stereocenters. The standard InChI is InChI=1S/C21H18N2/c22-15-17-8-5-16(6-9-17)7-10-18-13-19-3-1-11-23-12-2-4-20(14-18)21(19)23/h5-6,8-9,13-14H,1-4,11-12H2. The van der Waals surface area contributed by atoms with Crippen LogP contribution in [0.15, 0.2) is 36.4 Å².